The van der Waals surface area contributed by atoms with Gasteiger partial charge in [0, 0.05) is 39.5 Å². The molecule has 0 unspecified atom stereocenters. The van der Waals surface area contributed by atoms with Crippen molar-refractivity contribution in [2.75, 3.05) is 9.80 Å². The summed E-state index contributed by atoms with van der Waals surface area (Å²) in [6.45, 7) is 4.83. The van der Waals surface area contributed by atoms with Crippen LogP contribution in [0.5, 0.6) is 0 Å². The lowest BCUT2D eigenvalue weighted by molar-refractivity contribution is -0.00518. The summed E-state index contributed by atoms with van der Waals surface area (Å²) in [6.07, 6.45) is 22.0. The van der Waals surface area contributed by atoms with Crippen molar-refractivity contribution in [2.24, 2.45) is 17.8 Å². The predicted octanol–water partition coefficient (Wildman–Crippen LogP) is 18.1. The number of aryl methyl sites for hydroxylation is 4. The number of anilines is 6. The molecular formula is C67H70N2. The molecule has 0 atom stereocenters. The van der Waals surface area contributed by atoms with Crippen LogP contribution in [0.3, 0.4) is 0 Å². The third kappa shape index (κ3) is 7.86. The first-order chi connectivity index (χ1) is 33.8. The van der Waals surface area contributed by atoms with E-state index in [-0.39, 0.29) is 5.41 Å². The maximum atomic E-state index is 2.61. The lowest BCUT2D eigenvalue weighted by Crippen LogP contribution is -2.48. The van der Waals surface area contributed by atoms with E-state index in [1.807, 2.05) is 0 Å². The molecule has 0 saturated heterocycles. The summed E-state index contributed by atoms with van der Waals surface area (Å²) >= 11 is 0. The quantitative estimate of drug-likeness (QED) is 0.150. The Morgan fingerprint density at radius 1 is 0.420 bits per heavy atom. The maximum Gasteiger partial charge on any atom is 0.0496 e. The highest BCUT2D eigenvalue weighted by molar-refractivity contribution is 5.86. The molecule has 8 bridgehead atoms. The highest BCUT2D eigenvalue weighted by Crippen LogP contribution is 2.61. The molecule has 0 N–H and O–H groups in total. The molecule has 2 nitrogen and oxygen atoms in total. The summed E-state index contributed by atoms with van der Waals surface area (Å²) in [5, 5.41) is 0. The van der Waals surface area contributed by atoms with E-state index in [0.717, 1.165) is 43.4 Å². The van der Waals surface area contributed by atoms with Gasteiger partial charge in [0.05, 0.1) is 0 Å². The van der Waals surface area contributed by atoms with Crippen LogP contribution in [0.4, 0.5) is 34.1 Å². The van der Waals surface area contributed by atoms with Crippen LogP contribution in [0.15, 0.2) is 158 Å². The van der Waals surface area contributed by atoms with Gasteiger partial charge in [-0.05, 0) is 222 Å². The van der Waals surface area contributed by atoms with Crippen LogP contribution < -0.4 is 9.80 Å². The van der Waals surface area contributed by atoms with Crippen molar-refractivity contribution in [2.45, 2.75) is 140 Å². The van der Waals surface area contributed by atoms with Crippen LogP contribution in [-0.4, -0.2) is 0 Å². The number of hydrogen-bond acceptors (Lipinski definition) is 2. The summed E-state index contributed by atoms with van der Waals surface area (Å²) in [7, 11) is 0. The zero-order valence-electron chi connectivity index (χ0n) is 41.2. The van der Waals surface area contributed by atoms with Gasteiger partial charge in [-0.2, -0.15) is 0 Å². The van der Waals surface area contributed by atoms with E-state index in [2.05, 4.69) is 181 Å². The van der Waals surface area contributed by atoms with E-state index in [0.29, 0.717) is 11.3 Å². The van der Waals surface area contributed by atoms with Gasteiger partial charge in [-0.3, -0.25) is 0 Å². The number of para-hydroxylation sites is 1. The number of fused-ring (bicyclic) bond motifs is 3. The minimum atomic E-state index is -0.0784. The molecule has 0 radical (unpaired) electrons. The number of hydrogen-bond donors (Lipinski definition) is 0. The number of rotatable bonds is 8. The summed E-state index contributed by atoms with van der Waals surface area (Å²) in [6, 6.07) is 62.2. The third-order valence-corrected chi connectivity index (χ3v) is 18.5. The van der Waals surface area contributed by atoms with Gasteiger partial charge in [-0.25, -0.2) is 0 Å². The highest BCUT2D eigenvalue weighted by Gasteiger charge is 2.51. The molecule has 7 aromatic rings. The second kappa shape index (κ2) is 17.5. The molecule has 0 heterocycles. The molecule has 10 aliphatic rings. The van der Waals surface area contributed by atoms with E-state index < -0.39 is 0 Å². The first-order valence-corrected chi connectivity index (χ1v) is 27.2. The fourth-order valence-electron chi connectivity index (χ4n) is 15.3. The molecule has 0 amide bonds. The minimum absolute atomic E-state index is 0.0784. The average Bonchev–Trinajstić information content (AvgIpc) is 3.58. The Balaban J connectivity index is 0.864. The lowest BCUT2D eigenvalue weighted by atomic mass is 9.48. The van der Waals surface area contributed by atoms with E-state index in [1.165, 1.54) is 168 Å². The van der Waals surface area contributed by atoms with E-state index >= 15 is 0 Å². The van der Waals surface area contributed by atoms with Gasteiger partial charge >= 0.3 is 0 Å². The molecule has 0 aromatic heterocycles. The first kappa shape index (κ1) is 43.2. The summed E-state index contributed by atoms with van der Waals surface area (Å²) in [5.41, 5.74) is 22.3. The fraction of sp³-hybridized carbons (Fsp3) is 0.373. The average molecular weight is 903 g/mol. The largest absolute Gasteiger partial charge is 0.310 e. The molecule has 2 heteroatoms. The van der Waals surface area contributed by atoms with Crippen molar-refractivity contribution >= 4 is 34.1 Å². The number of nitrogens with zero attached hydrogens (tertiary/aromatic N) is 2. The fourth-order valence-corrected chi connectivity index (χ4v) is 15.3. The Morgan fingerprint density at radius 2 is 0.928 bits per heavy atom. The van der Waals surface area contributed by atoms with Gasteiger partial charge in [-0.1, -0.05) is 143 Å². The molecule has 348 valence electrons. The Kier molecular flexibility index (Phi) is 11.0. The monoisotopic (exact) mass is 903 g/mol. The smallest absolute Gasteiger partial charge is 0.0496 e. The van der Waals surface area contributed by atoms with Crippen molar-refractivity contribution in [3.05, 3.63) is 202 Å². The van der Waals surface area contributed by atoms with E-state index in [1.54, 1.807) is 5.56 Å². The molecular weight excluding hydrogens is 833 g/mol. The molecule has 0 spiro atoms. The second-order valence-electron chi connectivity index (χ2n) is 23.2. The zero-order valence-corrected chi connectivity index (χ0v) is 41.2. The molecule has 5 fully saturated rings. The van der Waals surface area contributed by atoms with Crippen LogP contribution in [0, 0.1) is 17.8 Å². The normalized spacial score (nSPS) is 23.4. The molecule has 17 rings (SSSR count). The van der Waals surface area contributed by atoms with Gasteiger partial charge in [0.2, 0.25) is 0 Å². The van der Waals surface area contributed by atoms with Crippen LogP contribution in [0.25, 0.3) is 11.1 Å². The maximum absolute atomic E-state index is 2.61. The molecule has 7 aromatic carbocycles. The van der Waals surface area contributed by atoms with Crippen molar-refractivity contribution in [3.8, 4) is 11.1 Å². The van der Waals surface area contributed by atoms with Gasteiger partial charge in [0.15, 0.2) is 0 Å². The van der Waals surface area contributed by atoms with Crippen LogP contribution >= 0.6 is 0 Å². The van der Waals surface area contributed by atoms with Crippen LogP contribution in [-0.2, 0) is 36.5 Å². The summed E-state index contributed by atoms with van der Waals surface area (Å²) in [4.78, 5) is 5.18. The van der Waals surface area contributed by atoms with Crippen LogP contribution in [0.1, 0.15) is 148 Å². The Hall–Kier alpha value is -5.86. The topological polar surface area (TPSA) is 6.48 Å². The second-order valence-corrected chi connectivity index (χ2v) is 23.2. The van der Waals surface area contributed by atoms with Gasteiger partial charge in [0.25, 0.3) is 0 Å². The molecule has 0 aliphatic heterocycles. The van der Waals surface area contributed by atoms with E-state index in [4.69, 9.17) is 0 Å². The Bertz CT molecular complexity index is 2950. The predicted molar refractivity (Wildman–Crippen MR) is 290 cm³/mol. The zero-order chi connectivity index (χ0) is 46.1. The minimum Gasteiger partial charge on any atom is -0.310 e. The Morgan fingerprint density at radius 3 is 1.55 bits per heavy atom. The van der Waals surface area contributed by atoms with Crippen molar-refractivity contribution < 1.29 is 0 Å². The highest BCUT2D eigenvalue weighted by atomic mass is 15.2. The molecule has 5 saturated carbocycles. The number of benzene rings is 7. The SMILES string of the molecule is CC1(C)c2ccccc2-c2ccc(N(c3ccc(C4CCCCCCC4)cc3)c3cc4ccc3CCc3ccc(c(N(c5ccccc5)c5ccc(C67CC8CC(CC(C8)C6)C7)cc5)c3)CC4)cc21. The molecule has 10 aliphatic carbocycles. The first-order valence-electron chi connectivity index (χ1n) is 27.2. The lowest BCUT2D eigenvalue weighted by Gasteiger charge is -2.57. The summed E-state index contributed by atoms with van der Waals surface area (Å²) < 4.78 is 0. The van der Waals surface area contributed by atoms with Gasteiger partial charge in [-0.15, -0.1) is 0 Å². The molecule has 69 heavy (non-hydrogen) atoms. The van der Waals surface area contributed by atoms with Crippen LogP contribution in [0.2, 0.25) is 0 Å². The van der Waals surface area contributed by atoms with Crippen molar-refractivity contribution in [1.29, 1.82) is 0 Å². The standard InChI is InChI=1S/C67H70N2/c1-66(2)62-18-12-11-17-60(62)61-36-35-59(42-63(61)66)69(57-31-27-52(28-32-57)51-13-7-4-3-5-8-14-51)65-41-47-20-24-53-23-19-46(21-25-54(65)26-22-47)40-64(53)68(56-15-9-6-10-16-56)58-33-29-55(30-34-58)67-43-48-37-49(44-67)39-50(38-48)45-67/h6,9-12,15-19,22-23,26-36,40-42,48-51H,3-5,7-8,13-14,20-21,24-25,37-39,43-45H2,1-2H3. The van der Waals surface area contributed by atoms with Crippen molar-refractivity contribution in [3.63, 3.8) is 0 Å². The van der Waals surface area contributed by atoms with Crippen molar-refractivity contribution in [1.82, 2.24) is 0 Å². The van der Waals surface area contributed by atoms with Gasteiger partial charge in [0.1, 0.15) is 0 Å². The third-order valence-electron chi connectivity index (χ3n) is 18.5. The van der Waals surface area contributed by atoms with Gasteiger partial charge < -0.3 is 9.80 Å². The Labute approximate surface area is 412 Å². The van der Waals surface area contributed by atoms with E-state index in [9.17, 15) is 0 Å². The summed E-state index contributed by atoms with van der Waals surface area (Å²) in [5.74, 6) is 3.50.